The zero-order chi connectivity index (χ0) is 14.0. The Bertz CT molecular complexity index is 492. The first kappa shape index (κ1) is 14.3. The number of carbonyl (C=O) groups is 1. The van der Waals surface area contributed by atoms with Crippen LogP contribution in [0.4, 0.5) is 0 Å². The number of ether oxygens (including phenoxy) is 1. The second-order valence-corrected chi connectivity index (χ2v) is 5.61. The van der Waals surface area contributed by atoms with Crippen LogP contribution in [0, 0.1) is 0 Å². The molecular formula is C14H19ClN2O2. The maximum absolute atomic E-state index is 11.1. The highest BCUT2D eigenvalue weighted by Crippen LogP contribution is 2.26. The molecule has 1 saturated heterocycles. The first-order chi connectivity index (χ1) is 8.92. The van der Waals surface area contributed by atoms with Crippen molar-refractivity contribution in [1.29, 1.82) is 0 Å². The summed E-state index contributed by atoms with van der Waals surface area (Å²) in [5.41, 5.74) is 6.56. The molecule has 1 aromatic rings. The van der Waals surface area contributed by atoms with Gasteiger partial charge in [0.25, 0.3) is 0 Å². The van der Waals surface area contributed by atoms with E-state index >= 15 is 0 Å². The van der Waals surface area contributed by atoms with Crippen LogP contribution in [0.15, 0.2) is 18.2 Å². The molecule has 3 N–H and O–H groups in total. The summed E-state index contributed by atoms with van der Waals surface area (Å²) < 4.78 is 5.58. The minimum Gasteiger partial charge on any atom is -0.377 e. The molecule has 1 aromatic carbocycles. The van der Waals surface area contributed by atoms with Crippen molar-refractivity contribution in [2.45, 2.75) is 38.5 Å². The predicted molar refractivity (Wildman–Crippen MR) is 75.2 cm³/mol. The maximum Gasteiger partial charge on any atom is 0.248 e. The number of primary amides is 1. The molecule has 5 heteroatoms. The van der Waals surface area contributed by atoms with Gasteiger partial charge in [-0.1, -0.05) is 17.7 Å². The standard InChI is InChI=1S/C14H19ClN2O2/c1-9-14(2,5-6-19-9)17-8-11-4-3-10(13(16)18)7-12(11)15/h3-4,7,9,17H,5-6,8H2,1-2H3,(H2,16,18). The van der Waals surface area contributed by atoms with Gasteiger partial charge in [-0.05, 0) is 38.0 Å². The molecule has 0 bridgehead atoms. The van der Waals surface area contributed by atoms with E-state index in [4.69, 9.17) is 22.1 Å². The third-order valence-corrected chi connectivity index (χ3v) is 4.26. The molecule has 4 nitrogen and oxygen atoms in total. The lowest BCUT2D eigenvalue weighted by molar-refractivity contribution is 0.0881. The summed E-state index contributed by atoms with van der Waals surface area (Å²) >= 11 is 6.16. The van der Waals surface area contributed by atoms with E-state index in [1.165, 1.54) is 0 Å². The Morgan fingerprint density at radius 2 is 2.37 bits per heavy atom. The third-order valence-electron chi connectivity index (χ3n) is 3.91. The number of hydrogen-bond acceptors (Lipinski definition) is 3. The summed E-state index contributed by atoms with van der Waals surface area (Å²) in [6.07, 6.45) is 1.15. The van der Waals surface area contributed by atoms with E-state index < -0.39 is 5.91 Å². The smallest absolute Gasteiger partial charge is 0.248 e. The molecule has 104 valence electrons. The number of amides is 1. The van der Waals surface area contributed by atoms with Crippen LogP contribution in [0.5, 0.6) is 0 Å². The number of hydrogen-bond donors (Lipinski definition) is 2. The average Bonchev–Trinajstić information content (AvgIpc) is 2.68. The first-order valence-electron chi connectivity index (χ1n) is 6.37. The fraction of sp³-hybridized carbons (Fsp3) is 0.500. The summed E-state index contributed by atoms with van der Waals surface area (Å²) in [7, 11) is 0. The van der Waals surface area contributed by atoms with Crippen molar-refractivity contribution < 1.29 is 9.53 Å². The fourth-order valence-electron chi connectivity index (χ4n) is 2.21. The number of nitrogens with one attached hydrogen (secondary N) is 1. The van der Waals surface area contributed by atoms with Crippen LogP contribution < -0.4 is 11.1 Å². The number of carbonyl (C=O) groups excluding carboxylic acids is 1. The summed E-state index contributed by atoms with van der Waals surface area (Å²) in [5.74, 6) is -0.466. The van der Waals surface area contributed by atoms with E-state index in [1.807, 2.05) is 6.07 Å². The Hall–Kier alpha value is -1.10. The van der Waals surface area contributed by atoms with Crippen molar-refractivity contribution in [2.24, 2.45) is 5.73 Å². The lowest BCUT2D eigenvalue weighted by Crippen LogP contribution is -2.47. The van der Waals surface area contributed by atoms with Gasteiger partial charge in [0, 0.05) is 29.3 Å². The molecule has 2 unspecified atom stereocenters. The molecule has 2 rings (SSSR count). The minimum absolute atomic E-state index is 0.0360. The number of rotatable bonds is 4. The number of halogens is 1. The van der Waals surface area contributed by atoms with E-state index in [0.717, 1.165) is 18.6 Å². The normalized spacial score (nSPS) is 26.6. The van der Waals surface area contributed by atoms with Gasteiger partial charge in [0.05, 0.1) is 6.10 Å². The Labute approximate surface area is 118 Å². The zero-order valence-electron chi connectivity index (χ0n) is 11.2. The second kappa shape index (κ2) is 5.49. The van der Waals surface area contributed by atoms with E-state index in [2.05, 4.69) is 19.2 Å². The molecule has 19 heavy (non-hydrogen) atoms. The highest BCUT2D eigenvalue weighted by molar-refractivity contribution is 6.31. The molecule has 0 radical (unpaired) electrons. The Morgan fingerprint density at radius 3 is 2.89 bits per heavy atom. The molecule has 1 aliphatic rings. The van der Waals surface area contributed by atoms with Crippen molar-refractivity contribution in [2.75, 3.05) is 6.61 Å². The second-order valence-electron chi connectivity index (χ2n) is 5.20. The molecule has 0 spiro atoms. The molecule has 1 aliphatic heterocycles. The van der Waals surface area contributed by atoms with Crippen molar-refractivity contribution in [3.63, 3.8) is 0 Å². The summed E-state index contributed by atoms with van der Waals surface area (Å²) in [4.78, 5) is 11.1. The summed E-state index contributed by atoms with van der Waals surface area (Å²) in [6, 6.07) is 5.14. The molecule has 0 aromatic heterocycles. The van der Waals surface area contributed by atoms with Crippen LogP contribution in [0.25, 0.3) is 0 Å². The molecule has 0 saturated carbocycles. The van der Waals surface area contributed by atoms with E-state index in [0.29, 0.717) is 17.1 Å². The van der Waals surface area contributed by atoms with Crippen LogP contribution >= 0.6 is 11.6 Å². The van der Waals surface area contributed by atoms with Crippen LogP contribution in [0.1, 0.15) is 36.2 Å². The Balaban J connectivity index is 2.06. The van der Waals surface area contributed by atoms with E-state index in [9.17, 15) is 4.79 Å². The molecule has 1 amide bonds. The third kappa shape index (κ3) is 3.08. The van der Waals surface area contributed by atoms with Gasteiger partial charge >= 0.3 is 0 Å². The molecule has 1 fully saturated rings. The lowest BCUT2D eigenvalue weighted by Gasteiger charge is -2.29. The van der Waals surface area contributed by atoms with Crippen LogP contribution in [-0.4, -0.2) is 24.2 Å². The fourth-order valence-corrected chi connectivity index (χ4v) is 2.46. The van der Waals surface area contributed by atoms with Gasteiger partial charge in [-0.2, -0.15) is 0 Å². The van der Waals surface area contributed by atoms with E-state index in [-0.39, 0.29) is 11.6 Å². The largest absolute Gasteiger partial charge is 0.377 e. The SMILES string of the molecule is CC1OCCC1(C)NCc1ccc(C(N)=O)cc1Cl. The van der Waals surface area contributed by atoms with Gasteiger partial charge in [-0.3, -0.25) is 4.79 Å². The maximum atomic E-state index is 11.1. The highest BCUT2D eigenvalue weighted by Gasteiger charge is 2.36. The Morgan fingerprint density at radius 1 is 1.63 bits per heavy atom. The predicted octanol–water partition coefficient (Wildman–Crippen LogP) is 2.10. The van der Waals surface area contributed by atoms with Crippen molar-refractivity contribution >= 4 is 17.5 Å². The number of nitrogens with two attached hydrogens (primary N) is 1. The van der Waals surface area contributed by atoms with Gasteiger partial charge in [-0.15, -0.1) is 0 Å². The van der Waals surface area contributed by atoms with Crippen LogP contribution in [-0.2, 0) is 11.3 Å². The van der Waals surface area contributed by atoms with E-state index in [1.54, 1.807) is 12.1 Å². The van der Waals surface area contributed by atoms with Gasteiger partial charge < -0.3 is 15.8 Å². The van der Waals surface area contributed by atoms with Crippen molar-refractivity contribution in [1.82, 2.24) is 5.32 Å². The molecule has 0 aliphatic carbocycles. The van der Waals surface area contributed by atoms with Crippen molar-refractivity contribution in [3.8, 4) is 0 Å². The highest BCUT2D eigenvalue weighted by atomic mass is 35.5. The quantitative estimate of drug-likeness (QED) is 0.889. The minimum atomic E-state index is -0.466. The molecule has 1 heterocycles. The van der Waals surface area contributed by atoms with Crippen LogP contribution in [0.3, 0.4) is 0 Å². The average molecular weight is 283 g/mol. The lowest BCUT2D eigenvalue weighted by atomic mass is 9.94. The van der Waals surface area contributed by atoms with Gasteiger partial charge in [0.15, 0.2) is 0 Å². The van der Waals surface area contributed by atoms with Gasteiger partial charge in [0.1, 0.15) is 0 Å². The molecular weight excluding hydrogens is 264 g/mol. The van der Waals surface area contributed by atoms with Gasteiger partial charge in [-0.25, -0.2) is 0 Å². The molecule has 2 atom stereocenters. The zero-order valence-corrected chi connectivity index (χ0v) is 12.0. The summed E-state index contributed by atoms with van der Waals surface area (Å²) in [6.45, 7) is 5.63. The van der Waals surface area contributed by atoms with Crippen LogP contribution in [0.2, 0.25) is 5.02 Å². The van der Waals surface area contributed by atoms with Gasteiger partial charge in [0.2, 0.25) is 5.91 Å². The number of benzene rings is 1. The first-order valence-corrected chi connectivity index (χ1v) is 6.75. The summed E-state index contributed by atoms with van der Waals surface area (Å²) in [5, 5.41) is 4.04. The van der Waals surface area contributed by atoms with Crippen molar-refractivity contribution in [3.05, 3.63) is 34.3 Å². The monoisotopic (exact) mass is 282 g/mol. The Kier molecular flexibility index (Phi) is 4.13. The topological polar surface area (TPSA) is 64.3 Å².